The number of sulfonamides is 1. The average molecular weight is 423 g/mol. The van der Waals surface area contributed by atoms with Crippen LogP contribution in [0.3, 0.4) is 0 Å². The highest BCUT2D eigenvalue weighted by molar-refractivity contribution is 7.93. The summed E-state index contributed by atoms with van der Waals surface area (Å²) in [6.07, 6.45) is 7.06. The number of amides is 1. The summed E-state index contributed by atoms with van der Waals surface area (Å²) >= 11 is 0. The number of nitrogens with zero attached hydrogens (tertiary/aromatic N) is 1. The highest BCUT2D eigenvalue weighted by atomic mass is 32.2. The van der Waals surface area contributed by atoms with Crippen LogP contribution in [0.2, 0.25) is 0 Å². The molecule has 30 heavy (non-hydrogen) atoms. The van der Waals surface area contributed by atoms with Crippen molar-refractivity contribution in [1.82, 2.24) is 9.62 Å². The van der Waals surface area contributed by atoms with Crippen LogP contribution in [0.4, 0.5) is 0 Å². The zero-order valence-corrected chi connectivity index (χ0v) is 17.7. The van der Waals surface area contributed by atoms with E-state index in [0.717, 1.165) is 43.2 Å². The molecule has 1 amide bonds. The third-order valence-electron chi connectivity index (χ3n) is 6.07. The Kier molecular flexibility index (Phi) is 4.99. The lowest BCUT2D eigenvalue weighted by Gasteiger charge is -2.25. The van der Waals surface area contributed by atoms with Gasteiger partial charge in [-0.2, -0.15) is 4.31 Å². The minimum Gasteiger partial charge on any atom is -0.349 e. The largest absolute Gasteiger partial charge is 0.349 e. The van der Waals surface area contributed by atoms with Gasteiger partial charge in [-0.1, -0.05) is 36.4 Å². The van der Waals surface area contributed by atoms with Crippen molar-refractivity contribution in [2.45, 2.75) is 57.2 Å². The molecule has 0 heterocycles. The molecule has 0 aromatic heterocycles. The number of hydrogen-bond acceptors (Lipinski definition) is 3. The van der Waals surface area contributed by atoms with Crippen LogP contribution in [0.5, 0.6) is 0 Å². The lowest BCUT2D eigenvalue weighted by Crippen LogP contribution is -2.34. The van der Waals surface area contributed by atoms with Crippen LogP contribution in [0.15, 0.2) is 53.4 Å². The molecular weight excluding hydrogens is 396 g/mol. The Balaban J connectivity index is 1.35. The summed E-state index contributed by atoms with van der Waals surface area (Å²) in [5.74, 6) is -0.0539. The summed E-state index contributed by atoms with van der Waals surface area (Å²) in [6.45, 7) is 0.344. The number of rotatable bonds is 7. The number of hydrogen-bond donors (Lipinski definition) is 1. The number of carbonyl (C=O) groups excluding carboxylic acids is 1. The summed E-state index contributed by atoms with van der Waals surface area (Å²) in [5.41, 5.74) is 3.74. The Hall–Kier alpha value is -2.44. The second kappa shape index (κ2) is 7.67. The molecule has 1 N–H and O–H groups in total. The second-order valence-electron chi connectivity index (χ2n) is 8.54. The molecule has 5 nitrogen and oxygen atoms in total. The Morgan fingerprint density at radius 1 is 0.967 bits per heavy atom. The minimum absolute atomic E-state index is 0.0539. The first-order valence-corrected chi connectivity index (χ1v) is 12.1. The van der Waals surface area contributed by atoms with Crippen molar-refractivity contribution >= 4 is 22.0 Å². The van der Waals surface area contributed by atoms with E-state index in [2.05, 4.69) is 11.4 Å². The topological polar surface area (TPSA) is 66.5 Å². The van der Waals surface area contributed by atoms with Crippen LogP contribution < -0.4 is 5.32 Å². The quantitative estimate of drug-likeness (QED) is 0.737. The molecular formula is C24H26N2O3S. The van der Waals surface area contributed by atoms with E-state index in [1.54, 1.807) is 16.4 Å². The summed E-state index contributed by atoms with van der Waals surface area (Å²) in [5, 5.41) is 2.98. The molecule has 5 rings (SSSR count). The molecule has 3 aliphatic rings. The molecule has 3 aliphatic carbocycles. The summed E-state index contributed by atoms with van der Waals surface area (Å²) in [7, 11) is -3.52. The molecule has 0 atom stereocenters. The van der Waals surface area contributed by atoms with Gasteiger partial charge in [0.2, 0.25) is 10.0 Å². The van der Waals surface area contributed by atoms with Gasteiger partial charge in [0.05, 0.1) is 4.91 Å². The lowest BCUT2D eigenvalue weighted by molar-refractivity contribution is 0.0951. The highest BCUT2D eigenvalue weighted by Crippen LogP contribution is 2.36. The van der Waals surface area contributed by atoms with Gasteiger partial charge in [0, 0.05) is 24.2 Å². The minimum atomic E-state index is -3.52. The molecule has 6 heteroatoms. The van der Waals surface area contributed by atoms with E-state index in [9.17, 15) is 13.2 Å². The van der Waals surface area contributed by atoms with Gasteiger partial charge in [-0.25, -0.2) is 8.42 Å². The van der Waals surface area contributed by atoms with Crippen LogP contribution in [-0.2, 0) is 23.0 Å². The third-order valence-corrected chi connectivity index (χ3v) is 8.10. The van der Waals surface area contributed by atoms with E-state index < -0.39 is 10.0 Å². The second-order valence-corrected chi connectivity index (χ2v) is 10.5. The average Bonchev–Trinajstić information content (AvgIpc) is 3.67. The molecule has 0 unspecified atom stereocenters. The van der Waals surface area contributed by atoms with Crippen molar-refractivity contribution in [3.63, 3.8) is 0 Å². The lowest BCUT2D eigenvalue weighted by atomic mass is 9.98. The Labute approximate surface area is 177 Å². The predicted molar refractivity (Wildman–Crippen MR) is 117 cm³/mol. The molecule has 156 valence electrons. The van der Waals surface area contributed by atoms with E-state index >= 15 is 0 Å². The highest BCUT2D eigenvalue weighted by Gasteiger charge is 2.39. The SMILES string of the molecule is O=C(NC1CC1)c1ccc(CN(C2CC2)S(=O)(=O)C2=Cc3ccccc3CC2)cc1. The fourth-order valence-electron chi connectivity index (χ4n) is 3.97. The molecule has 0 saturated heterocycles. The fourth-order valence-corrected chi connectivity index (χ4v) is 5.83. The third kappa shape index (κ3) is 4.07. The van der Waals surface area contributed by atoms with Gasteiger partial charge in [0.25, 0.3) is 5.91 Å². The van der Waals surface area contributed by atoms with E-state index in [1.807, 2.05) is 36.4 Å². The molecule has 2 saturated carbocycles. The smallest absolute Gasteiger partial charge is 0.251 e. The Morgan fingerprint density at radius 2 is 1.70 bits per heavy atom. The Morgan fingerprint density at radius 3 is 2.40 bits per heavy atom. The van der Waals surface area contributed by atoms with Crippen LogP contribution in [-0.4, -0.2) is 30.7 Å². The van der Waals surface area contributed by atoms with Crippen LogP contribution in [0.1, 0.15) is 59.2 Å². The number of benzene rings is 2. The van der Waals surface area contributed by atoms with Gasteiger partial charge in [-0.15, -0.1) is 0 Å². The number of carbonyl (C=O) groups is 1. The molecule has 2 aromatic carbocycles. The Bertz CT molecular complexity index is 1100. The van der Waals surface area contributed by atoms with E-state index in [-0.39, 0.29) is 11.9 Å². The maximum absolute atomic E-state index is 13.5. The summed E-state index contributed by atoms with van der Waals surface area (Å²) in [6, 6.07) is 15.7. The van der Waals surface area contributed by atoms with Gasteiger partial charge in [0.15, 0.2) is 0 Å². The summed E-state index contributed by atoms with van der Waals surface area (Å²) in [4.78, 5) is 12.7. The first-order valence-electron chi connectivity index (χ1n) is 10.7. The van der Waals surface area contributed by atoms with Crippen molar-refractivity contribution in [3.8, 4) is 0 Å². The molecule has 2 aromatic rings. The first kappa shape index (κ1) is 19.5. The fraction of sp³-hybridized carbons (Fsp3) is 0.375. The molecule has 2 fully saturated rings. The van der Waals surface area contributed by atoms with E-state index in [1.165, 1.54) is 5.56 Å². The number of allylic oxidation sites excluding steroid dienone is 1. The molecule has 0 bridgehead atoms. The van der Waals surface area contributed by atoms with Crippen LogP contribution in [0.25, 0.3) is 6.08 Å². The van der Waals surface area contributed by atoms with Gasteiger partial charge >= 0.3 is 0 Å². The molecule has 0 spiro atoms. The molecule has 0 radical (unpaired) electrons. The maximum atomic E-state index is 13.5. The van der Waals surface area contributed by atoms with Crippen molar-refractivity contribution in [1.29, 1.82) is 0 Å². The van der Waals surface area contributed by atoms with Crippen molar-refractivity contribution < 1.29 is 13.2 Å². The van der Waals surface area contributed by atoms with Crippen LogP contribution in [0, 0.1) is 0 Å². The van der Waals surface area contributed by atoms with Gasteiger partial charge in [0.1, 0.15) is 0 Å². The van der Waals surface area contributed by atoms with Gasteiger partial charge < -0.3 is 5.32 Å². The normalized spacial score (nSPS) is 18.6. The zero-order chi connectivity index (χ0) is 20.7. The van der Waals surface area contributed by atoms with E-state index in [4.69, 9.17) is 0 Å². The standard InChI is InChI=1S/C24H26N2O3S/c27-24(25-21-10-11-21)19-7-5-17(6-8-19)16-26(22-12-13-22)30(28,29)23-14-9-18-3-1-2-4-20(18)15-23/h1-8,15,21-22H,9-14,16H2,(H,25,27). The number of nitrogens with one attached hydrogen (secondary N) is 1. The number of aryl methyl sites for hydroxylation is 1. The van der Waals surface area contributed by atoms with Crippen molar-refractivity contribution in [3.05, 3.63) is 75.7 Å². The van der Waals surface area contributed by atoms with Gasteiger partial charge in [-0.05, 0) is 73.4 Å². The summed E-state index contributed by atoms with van der Waals surface area (Å²) < 4.78 is 28.6. The zero-order valence-electron chi connectivity index (χ0n) is 16.9. The van der Waals surface area contributed by atoms with Crippen molar-refractivity contribution in [2.75, 3.05) is 0 Å². The first-order chi connectivity index (χ1) is 14.5. The predicted octanol–water partition coefficient (Wildman–Crippen LogP) is 3.86. The van der Waals surface area contributed by atoms with Crippen molar-refractivity contribution in [2.24, 2.45) is 0 Å². The number of fused-ring (bicyclic) bond motifs is 1. The monoisotopic (exact) mass is 422 g/mol. The van der Waals surface area contributed by atoms with Crippen LogP contribution >= 0.6 is 0 Å². The maximum Gasteiger partial charge on any atom is 0.251 e. The molecule has 0 aliphatic heterocycles. The van der Waals surface area contributed by atoms with E-state index in [0.29, 0.717) is 29.5 Å². The van der Waals surface area contributed by atoms with Gasteiger partial charge in [-0.3, -0.25) is 4.79 Å².